The van der Waals surface area contributed by atoms with Crippen LogP contribution in [0.2, 0.25) is 0 Å². The van der Waals surface area contributed by atoms with Gasteiger partial charge in [0.1, 0.15) is 0 Å². The molecular formula is C11H25N3O2S. The Morgan fingerprint density at radius 3 is 2.29 bits per heavy atom. The fraction of sp³-hybridized carbons (Fsp3) is 1.00. The van der Waals surface area contributed by atoms with Crippen molar-refractivity contribution >= 4 is 10.2 Å². The molecule has 1 fully saturated rings. The summed E-state index contributed by atoms with van der Waals surface area (Å²) in [7, 11) is -3.29. The monoisotopic (exact) mass is 263 g/mol. The van der Waals surface area contributed by atoms with Gasteiger partial charge in [0, 0.05) is 32.2 Å². The normalized spacial score (nSPS) is 20.7. The van der Waals surface area contributed by atoms with E-state index in [0.29, 0.717) is 19.0 Å². The van der Waals surface area contributed by atoms with Crippen LogP contribution >= 0.6 is 0 Å². The van der Waals surface area contributed by atoms with E-state index in [4.69, 9.17) is 0 Å². The first-order chi connectivity index (χ1) is 7.92. The first-order valence-corrected chi connectivity index (χ1v) is 7.84. The molecule has 6 heteroatoms. The zero-order valence-corrected chi connectivity index (χ0v) is 11.9. The van der Waals surface area contributed by atoms with Gasteiger partial charge in [-0.3, -0.25) is 0 Å². The predicted molar refractivity (Wildman–Crippen MR) is 70.0 cm³/mol. The van der Waals surface area contributed by atoms with Crippen LogP contribution in [0.4, 0.5) is 0 Å². The average Bonchev–Trinajstić information content (AvgIpc) is 2.27. The molecule has 0 radical (unpaired) electrons. The molecule has 0 aromatic rings. The summed E-state index contributed by atoms with van der Waals surface area (Å²) >= 11 is 0. The van der Waals surface area contributed by atoms with E-state index in [1.807, 2.05) is 6.92 Å². The van der Waals surface area contributed by atoms with Gasteiger partial charge in [0.05, 0.1) is 0 Å². The van der Waals surface area contributed by atoms with E-state index < -0.39 is 10.2 Å². The lowest BCUT2D eigenvalue weighted by molar-refractivity contribution is 0.349. The zero-order chi connectivity index (χ0) is 12.9. The second-order valence-corrected chi connectivity index (χ2v) is 6.85. The van der Waals surface area contributed by atoms with Crippen LogP contribution < -0.4 is 10.0 Å². The van der Waals surface area contributed by atoms with Crippen molar-refractivity contribution in [2.24, 2.45) is 5.92 Å². The highest BCUT2D eigenvalue weighted by molar-refractivity contribution is 7.87. The summed E-state index contributed by atoms with van der Waals surface area (Å²) in [6, 6.07) is 0.0114. The Hall–Kier alpha value is -0.170. The molecule has 5 nitrogen and oxygen atoms in total. The summed E-state index contributed by atoms with van der Waals surface area (Å²) in [5.74, 6) is 0.612. The summed E-state index contributed by atoms with van der Waals surface area (Å²) in [5.41, 5.74) is 0. The van der Waals surface area contributed by atoms with E-state index in [-0.39, 0.29) is 6.04 Å². The van der Waals surface area contributed by atoms with Gasteiger partial charge in [-0.1, -0.05) is 13.8 Å². The van der Waals surface area contributed by atoms with Crippen molar-refractivity contribution in [1.29, 1.82) is 0 Å². The Bertz CT molecular complexity index is 311. The highest BCUT2D eigenvalue weighted by Gasteiger charge is 2.24. The topological polar surface area (TPSA) is 61.4 Å². The lowest BCUT2D eigenvalue weighted by Gasteiger charge is -2.28. The minimum absolute atomic E-state index is 0.0114. The van der Waals surface area contributed by atoms with Crippen LogP contribution in [0.25, 0.3) is 0 Å². The van der Waals surface area contributed by atoms with Gasteiger partial charge in [-0.2, -0.15) is 17.4 Å². The van der Waals surface area contributed by atoms with Gasteiger partial charge in [-0.25, -0.2) is 0 Å². The van der Waals surface area contributed by atoms with Crippen molar-refractivity contribution < 1.29 is 8.42 Å². The Labute approximate surface area is 105 Å². The van der Waals surface area contributed by atoms with Crippen molar-refractivity contribution in [2.45, 2.75) is 39.7 Å². The van der Waals surface area contributed by atoms with E-state index >= 15 is 0 Å². The van der Waals surface area contributed by atoms with Crippen molar-refractivity contribution in [3.05, 3.63) is 0 Å². The van der Waals surface area contributed by atoms with E-state index in [0.717, 1.165) is 25.9 Å². The number of hydrogen-bond donors (Lipinski definition) is 2. The third kappa shape index (κ3) is 5.33. The van der Waals surface area contributed by atoms with E-state index in [9.17, 15) is 8.42 Å². The third-order valence-corrected chi connectivity index (χ3v) is 4.69. The first kappa shape index (κ1) is 14.9. The average molecular weight is 263 g/mol. The largest absolute Gasteiger partial charge is 0.314 e. The Kier molecular flexibility index (Phi) is 5.85. The fourth-order valence-electron chi connectivity index (χ4n) is 1.86. The molecule has 1 aliphatic heterocycles. The molecule has 0 aromatic heterocycles. The number of hydrogen-bond acceptors (Lipinski definition) is 3. The summed E-state index contributed by atoms with van der Waals surface area (Å²) in [6.07, 6.45) is 1.94. The van der Waals surface area contributed by atoms with Crippen molar-refractivity contribution in [1.82, 2.24) is 14.3 Å². The van der Waals surface area contributed by atoms with E-state index in [2.05, 4.69) is 23.9 Å². The van der Waals surface area contributed by atoms with Gasteiger partial charge < -0.3 is 5.32 Å². The van der Waals surface area contributed by atoms with Crippen LogP contribution in [0.5, 0.6) is 0 Å². The maximum atomic E-state index is 12.0. The molecule has 1 aliphatic rings. The van der Waals surface area contributed by atoms with Crippen LogP contribution in [0.3, 0.4) is 0 Å². The molecule has 0 spiro atoms. The molecule has 1 atom stereocenters. The molecule has 1 heterocycles. The summed E-state index contributed by atoms with van der Waals surface area (Å²) in [4.78, 5) is 0. The van der Waals surface area contributed by atoms with Gasteiger partial charge in [0.2, 0.25) is 0 Å². The summed E-state index contributed by atoms with van der Waals surface area (Å²) < 4.78 is 28.3. The molecule has 102 valence electrons. The summed E-state index contributed by atoms with van der Waals surface area (Å²) in [6.45, 7) is 8.83. The summed E-state index contributed by atoms with van der Waals surface area (Å²) in [5, 5.41) is 3.15. The Balaban J connectivity index is 2.42. The number of piperazine rings is 1. The van der Waals surface area contributed by atoms with Crippen LogP contribution in [0.15, 0.2) is 0 Å². The molecule has 2 N–H and O–H groups in total. The smallest absolute Gasteiger partial charge is 0.279 e. The van der Waals surface area contributed by atoms with Crippen molar-refractivity contribution in [2.75, 3.05) is 26.2 Å². The van der Waals surface area contributed by atoms with Crippen LogP contribution in [0.1, 0.15) is 33.6 Å². The number of nitrogens with zero attached hydrogens (tertiary/aromatic N) is 1. The molecule has 0 aromatic carbocycles. The van der Waals surface area contributed by atoms with Gasteiger partial charge in [0.15, 0.2) is 0 Å². The minimum atomic E-state index is -3.29. The first-order valence-electron chi connectivity index (χ1n) is 6.40. The quantitative estimate of drug-likeness (QED) is 0.736. The van der Waals surface area contributed by atoms with E-state index in [1.54, 1.807) is 0 Å². The second-order valence-electron chi connectivity index (χ2n) is 5.14. The molecule has 0 aliphatic carbocycles. The van der Waals surface area contributed by atoms with Gasteiger partial charge in [-0.05, 0) is 25.7 Å². The van der Waals surface area contributed by atoms with Crippen molar-refractivity contribution in [3.8, 4) is 0 Å². The highest BCUT2D eigenvalue weighted by atomic mass is 32.2. The second kappa shape index (κ2) is 6.68. The maximum absolute atomic E-state index is 12.0. The van der Waals surface area contributed by atoms with Crippen LogP contribution in [-0.4, -0.2) is 44.9 Å². The molecule has 17 heavy (non-hydrogen) atoms. The molecule has 1 unspecified atom stereocenters. The minimum Gasteiger partial charge on any atom is -0.314 e. The molecule has 1 saturated heterocycles. The van der Waals surface area contributed by atoms with Crippen LogP contribution in [-0.2, 0) is 10.2 Å². The molecule has 0 saturated carbocycles. The Morgan fingerprint density at radius 1 is 1.18 bits per heavy atom. The fourth-order valence-corrected chi connectivity index (χ4v) is 3.29. The Morgan fingerprint density at radius 2 is 1.76 bits per heavy atom. The molecule has 1 rings (SSSR count). The van der Waals surface area contributed by atoms with Gasteiger partial charge in [0.25, 0.3) is 10.2 Å². The zero-order valence-electron chi connectivity index (χ0n) is 11.1. The van der Waals surface area contributed by atoms with Gasteiger partial charge in [-0.15, -0.1) is 0 Å². The highest BCUT2D eigenvalue weighted by Crippen LogP contribution is 2.08. The standard InChI is InChI=1S/C11H25N3O2S/c1-10(2)4-5-11(3)13-17(15,16)14-8-6-12-7-9-14/h10-13H,4-9H2,1-3H3. The number of nitrogens with one attached hydrogen (secondary N) is 2. The molecule has 0 amide bonds. The van der Waals surface area contributed by atoms with Crippen LogP contribution in [0, 0.1) is 5.92 Å². The lowest BCUT2D eigenvalue weighted by atomic mass is 10.1. The van der Waals surface area contributed by atoms with E-state index in [1.165, 1.54) is 4.31 Å². The molecular weight excluding hydrogens is 238 g/mol. The predicted octanol–water partition coefficient (Wildman–Crippen LogP) is 0.551. The lowest BCUT2D eigenvalue weighted by Crippen LogP contribution is -2.52. The van der Waals surface area contributed by atoms with Gasteiger partial charge >= 0.3 is 0 Å². The van der Waals surface area contributed by atoms with Crippen molar-refractivity contribution in [3.63, 3.8) is 0 Å². The maximum Gasteiger partial charge on any atom is 0.279 e. The third-order valence-electron chi connectivity index (χ3n) is 2.94. The molecule has 0 bridgehead atoms. The number of rotatable bonds is 6. The SMILES string of the molecule is CC(C)CCC(C)NS(=O)(=O)N1CCNCC1.